The van der Waals surface area contributed by atoms with Crippen molar-refractivity contribution in [3.8, 4) is 0 Å². The van der Waals surface area contributed by atoms with E-state index in [9.17, 15) is 5.21 Å². The van der Waals surface area contributed by atoms with E-state index in [2.05, 4.69) is 6.92 Å². The predicted molar refractivity (Wildman–Crippen MR) is 72.0 cm³/mol. The Morgan fingerprint density at radius 1 is 0.941 bits per heavy atom. The maximum atomic E-state index is 9.74. The molecule has 0 fully saturated rings. The second kappa shape index (κ2) is 9.20. The van der Waals surface area contributed by atoms with Gasteiger partial charge in [0.1, 0.15) is 0 Å². The van der Waals surface area contributed by atoms with Gasteiger partial charge in [-0.3, -0.25) is 0 Å². The molecular formula is C15H25NO. The van der Waals surface area contributed by atoms with Crippen LogP contribution in [-0.2, 0) is 6.54 Å². The Morgan fingerprint density at radius 3 is 2.29 bits per heavy atom. The average molecular weight is 235 g/mol. The molecule has 0 saturated carbocycles. The van der Waals surface area contributed by atoms with Gasteiger partial charge in [0, 0.05) is 13.1 Å². The Bertz CT molecular complexity index is 274. The summed E-state index contributed by atoms with van der Waals surface area (Å²) in [5.41, 5.74) is 1.17. The lowest BCUT2D eigenvalue weighted by Crippen LogP contribution is -2.19. The van der Waals surface area contributed by atoms with Crippen molar-refractivity contribution in [3.05, 3.63) is 35.9 Å². The molecule has 0 spiro atoms. The predicted octanol–water partition coefficient (Wildman–Crippen LogP) is 4.24. The Labute approximate surface area is 105 Å². The summed E-state index contributed by atoms with van der Waals surface area (Å²) in [7, 11) is 0. The van der Waals surface area contributed by atoms with Crippen LogP contribution in [0.3, 0.4) is 0 Å². The van der Waals surface area contributed by atoms with Gasteiger partial charge in [-0.25, -0.2) is 0 Å². The van der Waals surface area contributed by atoms with Crippen molar-refractivity contribution >= 4 is 0 Å². The van der Waals surface area contributed by atoms with E-state index in [1.165, 1.54) is 42.7 Å². The van der Waals surface area contributed by atoms with Crippen LogP contribution >= 0.6 is 0 Å². The van der Waals surface area contributed by atoms with Gasteiger partial charge in [-0.05, 0) is 12.0 Å². The number of nitrogens with zero attached hydrogens (tertiary/aromatic N) is 1. The Morgan fingerprint density at radius 2 is 1.59 bits per heavy atom. The zero-order valence-electron chi connectivity index (χ0n) is 10.9. The number of benzene rings is 1. The number of unbranched alkanes of at least 4 members (excludes halogenated alkanes) is 5. The molecule has 0 amide bonds. The van der Waals surface area contributed by atoms with Crippen LogP contribution < -0.4 is 0 Å². The maximum Gasteiger partial charge on any atom is 0.0488 e. The van der Waals surface area contributed by atoms with Crippen molar-refractivity contribution < 1.29 is 5.21 Å². The summed E-state index contributed by atoms with van der Waals surface area (Å²) in [6.45, 7) is 3.64. The van der Waals surface area contributed by atoms with Gasteiger partial charge in [-0.1, -0.05) is 69.4 Å². The number of hydrogen-bond acceptors (Lipinski definition) is 2. The van der Waals surface area contributed by atoms with E-state index in [0.717, 1.165) is 13.0 Å². The molecule has 0 saturated heterocycles. The normalized spacial score (nSPS) is 11.0. The van der Waals surface area contributed by atoms with Gasteiger partial charge in [0.15, 0.2) is 0 Å². The molecule has 0 aliphatic rings. The van der Waals surface area contributed by atoms with Gasteiger partial charge in [0.05, 0.1) is 0 Å². The summed E-state index contributed by atoms with van der Waals surface area (Å²) >= 11 is 0. The number of hydrogen-bond donors (Lipinski definition) is 1. The Kier molecular flexibility index (Phi) is 7.69. The van der Waals surface area contributed by atoms with Gasteiger partial charge in [0.25, 0.3) is 0 Å². The molecule has 96 valence electrons. The fourth-order valence-corrected chi connectivity index (χ4v) is 1.95. The molecule has 0 atom stereocenters. The summed E-state index contributed by atoms with van der Waals surface area (Å²) in [6.07, 6.45) is 7.58. The minimum atomic E-state index is 0.635. The van der Waals surface area contributed by atoms with E-state index < -0.39 is 0 Å². The smallest absolute Gasteiger partial charge is 0.0488 e. The SMILES string of the molecule is CCCCCCCCN(O)Cc1ccccc1. The van der Waals surface area contributed by atoms with Crippen molar-refractivity contribution in [2.45, 2.75) is 52.0 Å². The van der Waals surface area contributed by atoms with Gasteiger partial charge >= 0.3 is 0 Å². The summed E-state index contributed by atoms with van der Waals surface area (Å²) in [6, 6.07) is 10.1. The third kappa shape index (κ3) is 7.14. The third-order valence-corrected chi connectivity index (χ3v) is 2.98. The maximum absolute atomic E-state index is 9.74. The molecule has 1 aromatic carbocycles. The lowest BCUT2D eigenvalue weighted by atomic mass is 10.1. The minimum Gasteiger partial charge on any atom is -0.314 e. The van der Waals surface area contributed by atoms with Gasteiger partial charge < -0.3 is 5.21 Å². The molecule has 17 heavy (non-hydrogen) atoms. The van der Waals surface area contributed by atoms with Crippen LogP contribution in [0.1, 0.15) is 51.0 Å². The van der Waals surface area contributed by atoms with E-state index in [1.807, 2.05) is 30.3 Å². The van der Waals surface area contributed by atoms with Crippen LogP contribution in [0.2, 0.25) is 0 Å². The molecule has 0 unspecified atom stereocenters. The van der Waals surface area contributed by atoms with Crippen LogP contribution in [0.15, 0.2) is 30.3 Å². The van der Waals surface area contributed by atoms with E-state index in [-0.39, 0.29) is 0 Å². The first-order chi connectivity index (χ1) is 8.33. The van der Waals surface area contributed by atoms with Crippen molar-refractivity contribution in [1.29, 1.82) is 0 Å². The first-order valence-corrected chi connectivity index (χ1v) is 6.80. The fourth-order valence-electron chi connectivity index (χ4n) is 1.95. The highest BCUT2D eigenvalue weighted by atomic mass is 16.5. The Hall–Kier alpha value is -0.860. The molecule has 0 bridgehead atoms. The van der Waals surface area contributed by atoms with Gasteiger partial charge in [-0.15, -0.1) is 0 Å². The summed E-state index contributed by atoms with van der Waals surface area (Å²) < 4.78 is 0. The standard InChI is InChI=1S/C15H25NO/c1-2-3-4-5-6-10-13-16(17)14-15-11-8-7-9-12-15/h7-9,11-12,17H,2-6,10,13-14H2,1H3. The molecule has 1 rings (SSSR count). The van der Waals surface area contributed by atoms with Crippen molar-refractivity contribution in [1.82, 2.24) is 5.06 Å². The van der Waals surface area contributed by atoms with Gasteiger partial charge in [-0.2, -0.15) is 5.06 Å². The van der Waals surface area contributed by atoms with E-state index in [1.54, 1.807) is 0 Å². The summed E-state index contributed by atoms with van der Waals surface area (Å²) in [5.74, 6) is 0. The molecular weight excluding hydrogens is 210 g/mol. The molecule has 0 aromatic heterocycles. The van der Waals surface area contributed by atoms with Crippen LogP contribution in [0.25, 0.3) is 0 Å². The topological polar surface area (TPSA) is 23.5 Å². The van der Waals surface area contributed by atoms with E-state index in [4.69, 9.17) is 0 Å². The molecule has 2 nitrogen and oxygen atoms in total. The first-order valence-electron chi connectivity index (χ1n) is 6.80. The van der Waals surface area contributed by atoms with Crippen LogP contribution in [-0.4, -0.2) is 16.8 Å². The molecule has 1 aromatic rings. The average Bonchev–Trinajstić information content (AvgIpc) is 2.35. The van der Waals surface area contributed by atoms with Crippen LogP contribution in [0.5, 0.6) is 0 Å². The first kappa shape index (κ1) is 14.2. The zero-order chi connectivity index (χ0) is 12.3. The van der Waals surface area contributed by atoms with Crippen LogP contribution in [0.4, 0.5) is 0 Å². The lowest BCUT2D eigenvalue weighted by Gasteiger charge is -2.14. The third-order valence-electron chi connectivity index (χ3n) is 2.98. The quantitative estimate of drug-likeness (QED) is 0.511. The van der Waals surface area contributed by atoms with Crippen molar-refractivity contribution in [2.24, 2.45) is 0 Å². The minimum absolute atomic E-state index is 0.635. The zero-order valence-corrected chi connectivity index (χ0v) is 10.9. The van der Waals surface area contributed by atoms with E-state index >= 15 is 0 Å². The second-order valence-corrected chi connectivity index (χ2v) is 4.64. The molecule has 1 N–H and O–H groups in total. The molecule has 0 heterocycles. The summed E-state index contributed by atoms with van der Waals surface area (Å²) in [5, 5.41) is 11.2. The summed E-state index contributed by atoms with van der Waals surface area (Å²) in [4.78, 5) is 0. The van der Waals surface area contributed by atoms with E-state index in [0.29, 0.717) is 6.54 Å². The number of hydroxylamine groups is 2. The largest absolute Gasteiger partial charge is 0.314 e. The van der Waals surface area contributed by atoms with Crippen LogP contribution in [0, 0.1) is 0 Å². The Balaban J connectivity index is 2.03. The molecule has 0 aliphatic heterocycles. The fraction of sp³-hybridized carbons (Fsp3) is 0.600. The van der Waals surface area contributed by atoms with Crippen molar-refractivity contribution in [2.75, 3.05) is 6.54 Å². The highest BCUT2D eigenvalue weighted by Gasteiger charge is 2.01. The van der Waals surface area contributed by atoms with Crippen molar-refractivity contribution in [3.63, 3.8) is 0 Å². The monoisotopic (exact) mass is 235 g/mol. The molecule has 2 heteroatoms. The molecule has 0 radical (unpaired) electrons. The lowest BCUT2D eigenvalue weighted by molar-refractivity contribution is -0.100. The highest BCUT2D eigenvalue weighted by Crippen LogP contribution is 2.07. The number of rotatable bonds is 9. The molecule has 0 aliphatic carbocycles. The van der Waals surface area contributed by atoms with Gasteiger partial charge in [0.2, 0.25) is 0 Å². The highest BCUT2D eigenvalue weighted by molar-refractivity contribution is 5.13. The second-order valence-electron chi connectivity index (χ2n) is 4.64.